The second kappa shape index (κ2) is 5.51. The number of carbonyl (C=O) groups is 2. The normalized spacial score (nSPS) is 22.5. The first-order valence-corrected chi connectivity index (χ1v) is 7.83. The van der Waals surface area contributed by atoms with Crippen molar-refractivity contribution >= 4 is 23.1 Å². The Morgan fingerprint density at radius 3 is 2.76 bits per heavy atom. The number of Topliss-reactive ketones (excluding diaryl/α,β-unsaturated/α-hetero) is 1. The summed E-state index contributed by atoms with van der Waals surface area (Å²) in [6.45, 7) is 4.38. The van der Waals surface area contributed by atoms with Crippen LogP contribution in [-0.2, 0) is 4.79 Å². The quantitative estimate of drug-likeness (QED) is 0.785. The topological polar surface area (TPSA) is 40.6 Å². The van der Waals surface area contributed by atoms with Gasteiger partial charge in [-0.2, -0.15) is 0 Å². The maximum Gasteiger partial charge on any atom is 0.299 e. The molecule has 1 saturated heterocycles. The lowest BCUT2D eigenvalue weighted by Crippen LogP contribution is -2.25. The van der Waals surface area contributed by atoms with E-state index in [2.05, 4.69) is 11.8 Å². The summed E-state index contributed by atoms with van der Waals surface area (Å²) in [5.74, 6) is 0.0142. The fourth-order valence-electron chi connectivity index (χ4n) is 3.39. The van der Waals surface area contributed by atoms with Crippen LogP contribution in [0.1, 0.15) is 43.0 Å². The number of ketones is 1. The second-order valence-electron chi connectivity index (χ2n) is 6.09. The number of carbonyl (C=O) groups excluding carboxylic acids is 2. The molecule has 1 fully saturated rings. The molecule has 2 heterocycles. The van der Waals surface area contributed by atoms with E-state index in [4.69, 9.17) is 0 Å². The average molecular weight is 286 g/mol. The van der Waals surface area contributed by atoms with Gasteiger partial charge in [0.15, 0.2) is 0 Å². The largest absolute Gasteiger partial charge is 0.371 e. The standard InChI is InChI=1S/C17H22N2O2/c1-3-12-5-4-9-19(10-8-12)13-6-7-14-15(11-13)18(2)17(21)16(14)20/h6-7,11-12H,3-5,8-10H2,1-2H3. The zero-order valence-electron chi connectivity index (χ0n) is 12.8. The Morgan fingerprint density at radius 2 is 2.00 bits per heavy atom. The van der Waals surface area contributed by atoms with Gasteiger partial charge in [0.25, 0.3) is 11.7 Å². The molecule has 4 nitrogen and oxygen atoms in total. The van der Waals surface area contributed by atoms with Crippen molar-refractivity contribution in [2.75, 3.05) is 29.9 Å². The van der Waals surface area contributed by atoms with Crippen LogP contribution in [0.2, 0.25) is 0 Å². The first-order chi connectivity index (χ1) is 10.1. The van der Waals surface area contributed by atoms with Crippen molar-refractivity contribution in [2.45, 2.75) is 32.6 Å². The van der Waals surface area contributed by atoms with Gasteiger partial charge in [-0.1, -0.05) is 13.3 Å². The molecular formula is C17H22N2O2. The van der Waals surface area contributed by atoms with Gasteiger partial charge < -0.3 is 9.80 Å². The molecule has 1 unspecified atom stereocenters. The molecule has 0 bridgehead atoms. The summed E-state index contributed by atoms with van der Waals surface area (Å²) in [6, 6.07) is 5.77. The van der Waals surface area contributed by atoms with Crippen molar-refractivity contribution < 1.29 is 9.59 Å². The number of benzene rings is 1. The van der Waals surface area contributed by atoms with E-state index < -0.39 is 5.91 Å². The molecule has 0 aromatic heterocycles. The van der Waals surface area contributed by atoms with E-state index in [1.807, 2.05) is 12.1 Å². The molecule has 1 amide bonds. The summed E-state index contributed by atoms with van der Waals surface area (Å²) in [4.78, 5) is 27.4. The van der Waals surface area contributed by atoms with Crippen molar-refractivity contribution in [1.29, 1.82) is 0 Å². The van der Waals surface area contributed by atoms with Crippen LogP contribution in [0.25, 0.3) is 0 Å². The van der Waals surface area contributed by atoms with Gasteiger partial charge >= 0.3 is 0 Å². The summed E-state index contributed by atoms with van der Waals surface area (Å²) in [5, 5.41) is 0. The van der Waals surface area contributed by atoms with Gasteiger partial charge in [0.2, 0.25) is 0 Å². The molecule has 21 heavy (non-hydrogen) atoms. The van der Waals surface area contributed by atoms with Gasteiger partial charge in [0.05, 0.1) is 11.3 Å². The fourth-order valence-corrected chi connectivity index (χ4v) is 3.39. The summed E-state index contributed by atoms with van der Waals surface area (Å²) in [6.07, 6.45) is 4.99. The Balaban J connectivity index is 1.85. The van der Waals surface area contributed by atoms with Crippen LogP contribution in [0.15, 0.2) is 18.2 Å². The van der Waals surface area contributed by atoms with Gasteiger partial charge in [0, 0.05) is 25.8 Å². The minimum Gasteiger partial charge on any atom is -0.371 e. The molecular weight excluding hydrogens is 264 g/mol. The highest BCUT2D eigenvalue weighted by atomic mass is 16.2. The molecule has 0 radical (unpaired) electrons. The van der Waals surface area contributed by atoms with E-state index in [0.29, 0.717) is 5.56 Å². The molecule has 4 heteroatoms. The van der Waals surface area contributed by atoms with Gasteiger partial charge in [-0.05, 0) is 43.4 Å². The van der Waals surface area contributed by atoms with E-state index in [1.165, 1.54) is 30.6 Å². The molecule has 112 valence electrons. The van der Waals surface area contributed by atoms with Crippen LogP contribution in [0.5, 0.6) is 0 Å². The van der Waals surface area contributed by atoms with Crippen molar-refractivity contribution in [3.63, 3.8) is 0 Å². The van der Waals surface area contributed by atoms with Crippen LogP contribution >= 0.6 is 0 Å². The smallest absolute Gasteiger partial charge is 0.299 e. The number of anilines is 2. The fraction of sp³-hybridized carbons (Fsp3) is 0.529. The number of hydrogen-bond donors (Lipinski definition) is 0. The van der Waals surface area contributed by atoms with Crippen LogP contribution in [0.4, 0.5) is 11.4 Å². The third-order valence-corrected chi connectivity index (χ3v) is 4.88. The number of nitrogens with zero attached hydrogens (tertiary/aromatic N) is 2. The highest BCUT2D eigenvalue weighted by Crippen LogP contribution is 2.33. The number of likely N-dealkylation sites (N-methyl/N-ethyl adjacent to an activating group) is 1. The van der Waals surface area contributed by atoms with Gasteiger partial charge in [0.1, 0.15) is 0 Å². The summed E-state index contributed by atoms with van der Waals surface area (Å²) >= 11 is 0. The van der Waals surface area contributed by atoms with Crippen LogP contribution in [-0.4, -0.2) is 31.8 Å². The van der Waals surface area contributed by atoms with Crippen LogP contribution in [0, 0.1) is 5.92 Å². The molecule has 2 aliphatic heterocycles. The zero-order chi connectivity index (χ0) is 15.0. The molecule has 1 aromatic rings. The molecule has 0 spiro atoms. The molecule has 0 N–H and O–H groups in total. The Hall–Kier alpha value is -1.84. The second-order valence-corrected chi connectivity index (χ2v) is 6.09. The highest BCUT2D eigenvalue weighted by molar-refractivity contribution is 6.52. The van der Waals surface area contributed by atoms with E-state index in [9.17, 15) is 9.59 Å². The lowest BCUT2D eigenvalue weighted by molar-refractivity contribution is -0.114. The summed E-state index contributed by atoms with van der Waals surface area (Å²) < 4.78 is 0. The first kappa shape index (κ1) is 14.1. The Bertz CT molecular complexity index is 582. The van der Waals surface area contributed by atoms with Crippen molar-refractivity contribution in [3.8, 4) is 0 Å². The molecule has 1 atom stereocenters. The number of rotatable bonds is 2. The van der Waals surface area contributed by atoms with Crippen molar-refractivity contribution in [1.82, 2.24) is 0 Å². The zero-order valence-corrected chi connectivity index (χ0v) is 12.8. The van der Waals surface area contributed by atoms with Crippen LogP contribution in [0.3, 0.4) is 0 Å². The van der Waals surface area contributed by atoms with Gasteiger partial charge in [-0.25, -0.2) is 0 Å². The third-order valence-electron chi connectivity index (χ3n) is 4.88. The number of amides is 1. The predicted octanol–water partition coefficient (Wildman–Crippen LogP) is 2.86. The van der Waals surface area contributed by atoms with E-state index in [-0.39, 0.29) is 5.78 Å². The van der Waals surface area contributed by atoms with Gasteiger partial charge in [-0.3, -0.25) is 9.59 Å². The number of hydrogen-bond acceptors (Lipinski definition) is 3. The van der Waals surface area contributed by atoms with Crippen LogP contribution < -0.4 is 9.80 Å². The predicted molar refractivity (Wildman–Crippen MR) is 84.0 cm³/mol. The van der Waals surface area contributed by atoms with E-state index in [0.717, 1.165) is 30.4 Å². The van der Waals surface area contributed by atoms with E-state index >= 15 is 0 Å². The summed E-state index contributed by atoms with van der Waals surface area (Å²) in [5.41, 5.74) is 2.41. The van der Waals surface area contributed by atoms with Crippen molar-refractivity contribution in [2.24, 2.45) is 5.92 Å². The molecule has 0 aliphatic carbocycles. The molecule has 2 aliphatic rings. The Labute approximate surface area is 125 Å². The lowest BCUT2D eigenvalue weighted by atomic mass is 9.98. The Morgan fingerprint density at radius 1 is 1.19 bits per heavy atom. The average Bonchev–Trinajstić information content (AvgIpc) is 2.71. The van der Waals surface area contributed by atoms with Crippen molar-refractivity contribution in [3.05, 3.63) is 23.8 Å². The number of fused-ring (bicyclic) bond motifs is 1. The third kappa shape index (κ3) is 2.43. The molecule has 1 aromatic carbocycles. The first-order valence-electron chi connectivity index (χ1n) is 7.83. The maximum absolute atomic E-state index is 11.8. The van der Waals surface area contributed by atoms with Gasteiger partial charge in [-0.15, -0.1) is 0 Å². The molecule has 3 rings (SSSR count). The molecule has 0 saturated carbocycles. The minimum absolute atomic E-state index is 0.388. The SMILES string of the molecule is CCC1CCCN(c2ccc3c(c2)N(C)C(=O)C3=O)CC1. The monoisotopic (exact) mass is 286 g/mol. The minimum atomic E-state index is -0.427. The lowest BCUT2D eigenvalue weighted by Gasteiger charge is -2.24. The maximum atomic E-state index is 11.8. The van der Waals surface area contributed by atoms with E-state index in [1.54, 1.807) is 13.1 Å². The summed E-state index contributed by atoms with van der Waals surface area (Å²) in [7, 11) is 1.67. The Kier molecular flexibility index (Phi) is 3.70. The highest BCUT2D eigenvalue weighted by Gasteiger charge is 2.33.